The van der Waals surface area contributed by atoms with Crippen molar-refractivity contribution < 1.29 is 9.53 Å². The second kappa shape index (κ2) is 9.70. The average molecular weight is 327 g/mol. The Bertz CT molecular complexity index is 612. The van der Waals surface area contributed by atoms with Crippen LogP contribution >= 0.6 is 0 Å². The van der Waals surface area contributed by atoms with E-state index in [0.717, 1.165) is 30.3 Å². The van der Waals surface area contributed by atoms with Crippen LogP contribution < -0.4 is 15.4 Å². The topological polar surface area (TPSA) is 53.6 Å². The number of hydrogen-bond acceptors (Lipinski definition) is 4. The number of carbonyl (C=O) groups is 1. The zero-order valence-corrected chi connectivity index (χ0v) is 14.3. The van der Waals surface area contributed by atoms with Crippen molar-refractivity contribution in [3.63, 3.8) is 0 Å². The number of para-hydroxylation sites is 1. The van der Waals surface area contributed by atoms with Crippen molar-refractivity contribution in [2.45, 2.75) is 6.42 Å². The Balaban J connectivity index is 1.72. The van der Waals surface area contributed by atoms with Crippen molar-refractivity contribution in [1.29, 1.82) is 0 Å². The van der Waals surface area contributed by atoms with Crippen molar-refractivity contribution in [3.8, 4) is 11.5 Å². The van der Waals surface area contributed by atoms with E-state index < -0.39 is 0 Å². The van der Waals surface area contributed by atoms with Crippen molar-refractivity contribution in [3.05, 3.63) is 54.6 Å². The van der Waals surface area contributed by atoms with Gasteiger partial charge in [-0.05, 0) is 50.5 Å². The summed E-state index contributed by atoms with van der Waals surface area (Å²) in [6.45, 7) is 2.52. The van der Waals surface area contributed by atoms with Crippen LogP contribution in [0.3, 0.4) is 0 Å². The molecule has 2 aromatic carbocycles. The van der Waals surface area contributed by atoms with Crippen LogP contribution in [0.4, 0.5) is 5.69 Å². The highest BCUT2D eigenvalue weighted by Gasteiger charge is 2.03. The predicted octanol–water partition coefficient (Wildman–Crippen LogP) is 2.96. The van der Waals surface area contributed by atoms with Crippen LogP contribution in [-0.4, -0.2) is 44.5 Å². The summed E-state index contributed by atoms with van der Waals surface area (Å²) in [6.07, 6.45) is 0.454. The molecule has 0 aliphatic heterocycles. The predicted molar refractivity (Wildman–Crippen MR) is 97.6 cm³/mol. The number of ether oxygens (including phenoxy) is 1. The number of rotatable bonds is 9. The number of benzene rings is 2. The number of nitrogens with one attached hydrogen (secondary N) is 2. The maximum atomic E-state index is 11.9. The van der Waals surface area contributed by atoms with Gasteiger partial charge in [-0.1, -0.05) is 18.2 Å². The number of hydrogen-bond donors (Lipinski definition) is 2. The molecule has 1 amide bonds. The van der Waals surface area contributed by atoms with E-state index in [1.165, 1.54) is 0 Å². The molecular weight excluding hydrogens is 302 g/mol. The normalized spacial score (nSPS) is 10.6. The summed E-state index contributed by atoms with van der Waals surface area (Å²) in [5.41, 5.74) is 0.772. The van der Waals surface area contributed by atoms with E-state index in [4.69, 9.17) is 4.74 Å². The zero-order valence-electron chi connectivity index (χ0n) is 14.3. The molecule has 0 atom stereocenters. The van der Waals surface area contributed by atoms with Gasteiger partial charge in [-0.2, -0.15) is 0 Å². The van der Waals surface area contributed by atoms with Gasteiger partial charge in [0.05, 0.1) is 0 Å². The minimum absolute atomic E-state index is 0.00378. The van der Waals surface area contributed by atoms with E-state index in [9.17, 15) is 4.79 Å². The molecular formula is C19H25N3O2. The van der Waals surface area contributed by atoms with Crippen molar-refractivity contribution in [2.24, 2.45) is 0 Å². The van der Waals surface area contributed by atoms with Crippen LogP contribution in [0, 0.1) is 0 Å². The largest absolute Gasteiger partial charge is 0.457 e. The minimum Gasteiger partial charge on any atom is -0.457 e. The third-order valence-corrected chi connectivity index (χ3v) is 3.38. The fraction of sp³-hybridized carbons (Fsp3) is 0.316. The quantitative estimate of drug-likeness (QED) is 0.695. The van der Waals surface area contributed by atoms with Crippen LogP contribution in [0.25, 0.3) is 0 Å². The second-order valence-corrected chi connectivity index (χ2v) is 5.79. The molecule has 5 heteroatoms. The lowest BCUT2D eigenvalue weighted by molar-refractivity contribution is -0.116. The summed E-state index contributed by atoms with van der Waals surface area (Å²) >= 11 is 0. The van der Waals surface area contributed by atoms with Gasteiger partial charge >= 0.3 is 0 Å². The third-order valence-electron chi connectivity index (χ3n) is 3.38. The highest BCUT2D eigenvalue weighted by Crippen LogP contribution is 2.22. The molecule has 0 aliphatic carbocycles. The molecule has 0 aliphatic rings. The smallest absolute Gasteiger partial charge is 0.225 e. The van der Waals surface area contributed by atoms with Gasteiger partial charge in [-0.15, -0.1) is 0 Å². The van der Waals surface area contributed by atoms with E-state index in [0.29, 0.717) is 13.0 Å². The van der Waals surface area contributed by atoms with Gasteiger partial charge in [0.15, 0.2) is 0 Å². The Labute approximate surface area is 143 Å². The van der Waals surface area contributed by atoms with E-state index in [1.807, 2.05) is 68.7 Å². The minimum atomic E-state index is 0.00378. The molecule has 0 aromatic heterocycles. The molecule has 0 unspecified atom stereocenters. The highest BCUT2D eigenvalue weighted by atomic mass is 16.5. The third kappa shape index (κ3) is 6.81. The molecule has 2 rings (SSSR count). The molecule has 128 valence electrons. The number of nitrogens with zero attached hydrogens (tertiary/aromatic N) is 1. The molecule has 0 saturated carbocycles. The first-order valence-electron chi connectivity index (χ1n) is 8.12. The van der Waals surface area contributed by atoms with Gasteiger partial charge in [0.1, 0.15) is 11.5 Å². The van der Waals surface area contributed by atoms with Crippen LogP contribution in [0.5, 0.6) is 11.5 Å². The number of carbonyl (C=O) groups excluding carboxylic acids is 1. The lowest BCUT2D eigenvalue weighted by Gasteiger charge is -2.10. The first-order chi connectivity index (χ1) is 11.6. The number of likely N-dealkylation sites (N-methyl/N-ethyl adjacent to an activating group) is 1. The summed E-state index contributed by atoms with van der Waals surface area (Å²) in [4.78, 5) is 14.0. The first-order valence-corrected chi connectivity index (χ1v) is 8.12. The van der Waals surface area contributed by atoms with Crippen molar-refractivity contribution in [2.75, 3.05) is 39.0 Å². The van der Waals surface area contributed by atoms with E-state index in [2.05, 4.69) is 15.5 Å². The van der Waals surface area contributed by atoms with Gasteiger partial charge in [-0.25, -0.2) is 0 Å². The van der Waals surface area contributed by atoms with Crippen LogP contribution in [0.15, 0.2) is 54.6 Å². The molecule has 24 heavy (non-hydrogen) atoms. The lowest BCUT2D eigenvalue weighted by Crippen LogP contribution is -2.29. The fourth-order valence-electron chi connectivity index (χ4n) is 2.08. The van der Waals surface area contributed by atoms with Crippen LogP contribution in [0.2, 0.25) is 0 Å². The first kappa shape index (κ1) is 18.0. The average Bonchev–Trinajstić information content (AvgIpc) is 2.57. The molecule has 2 aromatic rings. The van der Waals surface area contributed by atoms with E-state index in [1.54, 1.807) is 0 Å². The summed E-state index contributed by atoms with van der Waals surface area (Å²) in [6, 6.07) is 17.0. The van der Waals surface area contributed by atoms with Gasteiger partial charge in [-0.3, -0.25) is 4.79 Å². The summed E-state index contributed by atoms with van der Waals surface area (Å²) in [5, 5.41) is 6.14. The Morgan fingerprint density at radius 3 is 2.29 bits per heavy atom. The summed E-state index contributed by atoms with van der Waals surface area (Å²) in [7, 11) is 4.05. The highest BCUT2D eigenvalue weighted by molar-refractivity contribution is 5.90. The van der Waals surface area contributed by atoms with E-state index in [-0.39, 0.29) is 5.91 Å². The molecule has 0 heterocycles. The molecule has 0 bridgehead atoms. The number of amides is 1. The Hall–Kier alpha value is -2.37. The molecule has 2 N–H and O–H groups in total. The molecule has 5 nitrogen and oxygen atoms in total. The van der Waals surface area contributed by atoms with Crippen LogP contribution in [-0.2, 0) is 4.79 Å². The Morgan fingerprint density at radius 2 is 1.62 bits per heavy atom. The summed E-state index contributed by atoms with van der Waals surface area (Å²) < 4.78 is 5.72. The standard InChI is InChI=1S/C19H25N3O2/c1-22(2)15-14-20-13-12-19(23)21-16-8-10-18(11-9-16)24-17-6-4-3-5-7-17/h3-11,20H,12-15H2,1-2H3,(H,21,23). The Kier molecular flexibility index (Phi) is 7.26. The lowest BCUT2D eigenvalue weighted by atomic mass is 10.3. The van der Waals surface area contributed by atoms with Gasteiger partial charge in [0.2, 0.25) is 5.91 Å². The maximum absolute atomic E-state index is 11.9. The van der Waals surface area contributed by atoms with Gasteiger partial charge in [0, 0.05) is 31.7 Å². The van der Waals surface area contributed by atoms with Gasteiger partial charge in [0.25, 0.3) is 0 Å². The monoisotopic (exact) mass is 327 g/mol. The van der Waals surface area contributed by atoms with E-state index >= 15 is 0 Å². The van der Waals surface area contributed by atoms with Crippen molar-refractivity contribution in [1.82, 2.24) is 10.2 Å². The molecule has 0 radical (unpaired) electrons. The second-order valence-electron chi connectivity index (χ2n) is 5.79. The van der Waals surface area contributed by atoms with Crippen LogP contribution in [0.1, 0.15) is 6.42 Å². The van der Waals surface area contributed by atoms with Gasteiger partial charge < -0.3 is 20.3 Å². The molecule has 0 spiro atoms. The summed E-state index contributed by atoms with van der Waals surface area (Å²) in [5.74, 6) is 1.53. The SMILES string of the molecule is CN(C)CCNCCC(=O)Nc1ccc(Oc2ccccc2)cc1. The molecule has 0 fully saturated rings. The molecule has 0 saturated heterocycles. The Morgan fingerprint density at radius 1 is 0.958 bits per heavy atom. The van der Waals surface area contributed by atoms with Crippen molar-refractivity contribution >= 4 is 11.6 Å². The zero-order chi connectivity index (χ0) is 17.2. The fourth-order valence-corrected chi connectivity index (χ4v) is 2.08. The number of anilines is 1. The maximum Gasteiger partial charge on any atom is 0.225 e.